The number of halogens is 1. The maximum atomic E-state index is 13.3. The second-order valence-electron chi connectivity index (χ2n) is 7.15. The molecular formula is C20H21ClN4O2S2. The maximum absolute atomic E-state index is 13.3. The SMILES string of the molecule is Cc1sc2nc(SCC(=O)Nc3cccnc3Cl)n(C3CCCC3)c(=O)c2c1C. The summed E-state index contributed by atoms with van der Waals surface area (Å²) in [5, 5.41) is 4.35. The van der Waals surface area contributed by atoms with E-state index in [-0.39, 0.29) is 28.4 Å². The molecular weight excluding hydrogens is 428 g/mol. The van der Waals surface area contributed by atoms with E-state index in [2.05, 4.69) is 10.3 Å². The molecule has 1 saturated carbocycles. The number of carbonyl (C=O) groups is 1. The van der Waals surface area contributed by atoms with Gasteiger partial charge in [0.2, 0.25) is 5.91 Å². The molecule has 0 unspecified atom stereocenters. The van der Waals surface area contributed by atoms with Crippen molar-refractivity contribution in [1.82, 2.24) is 14.5 Å². The Bertz CT molecular complexity index is 1140. The molecule has 3 heterocycles. The first-order chi connectivity index (χ1) is 14.0. The van der Waals surface area contributed by atoms with Gasteiger partial charge in [0, 0.05) is 17.1 Å². The summed E-state index contributed by atoms with van der Waals surface area (Å²) in [5.41, 5.74) is 1.50. The number of anilines is 1. The minimum Gasteiger partial charge on any atom is -0.323 e. The molecule has 3 aromatic rings. The largest absolute Gasteiger partial charge is 0.323 e. The highest BCUT2D eigenvalue weighted by molar-refractivity contribution is 7.99. The molecule has 0 atom stereocenters. The normalized spacial score (nSPS) is 14.6. The van der Waals surface area contributed by atoms with Gasteiger partial charge >= 0.3 is 0 Å². The van der Waals surface area contributed by atoms with E-state index < -0.39 is 0 Å². The molecule has 29 heavy (non-hydrogen) atoms. The van der Waals surface area contributed by atoms with Crippen molar-refractivity contribution in [3.8, 4) is 0 Å². The van der Waals surface area contributed by atoms with Gasteiger partial charge in [0.05, 0.1) is 16.8 Å². The van der Waals surface area contributed by atoms with Crippen molar-refractivity contribution in [2.45, 2.75) is 50.7 Å². The molecule has 1 fully saturated rings. The van der Waals surface area contributed by atoms with E-state index in [0.717, 1.165) is 46.3 Å². The Balaban J connectivity index is 1.64. The molecule has 4 rings (SSSR count). The quantitative estimate of drug-likeness (QED) is 0.338. The van der Waals surface area contributed by atoms with Gasteiger partial charge in [-0.1, -0.05) is 36.2 Å². The third-order valence-corrected chi connectivity index (χ3v) is 7.61. The molecule has 152 valence electrons. The van der Waals surface area contributed by atoms with Crippen LogP contribution >= 0.6 is 34.7 Å². The Kier molecular flexibility index (Phi) is 5.94. The average molecular weight is 449 g/mol. The van der Waals surface area contributed by atoms with Crippen LogP contribution in [0.2, 0.25) is 5.15 Å². The van der Waals surface area contributed by atoms with Crippen LogP contribution < -0.4 is 10.9 Å². The number of carbonyl (C=O) groups excluding carboxylic acids is 1. The van der Waals surface area contributed by atoms with E-state index in [9.17, 15) is 9.59 Å². The highest BCUT2D eigenvalue weighted by Crippen LogP contribution is 2.34. The van der Waals surface area contributed by atoms with E-state index in [4.69, 9.17) is 16.6 Å². The fourth-order valence-corrected chi connectivity index (χ4v) is 5.77. The van der Waals surface area contributed by atoms with Gasteiger partial charge in [-0.05, 0) is 44.4 Å². The number of aromatic nitrogens is 3. The lowest BCUT2D eigenvalue weighted by Gasteiger charge is -2.18. The Labute approximate surface area is 181 Å². The summed E-state index contributed by atoms with van der Waals surface area (Å²) in [6.07, 6.45) is 5.74. The number of nitrogens with zero attached hydrogens (tertiary/aromatic N) is 3. The van der Waals surface area contributed by atoms with Crippen molar-refractivity contribution in [2.24, 2.45) is 0 Å². The zero-order chi connectivity index (χ0) is 20.5. The van der Waals surface area contributed by atoms with Gasteiger partial charge < -0.3 is 5.32 Å². The van der Waals surface area contributed by atoms with Crippen molar-refractivity contribution in [2.75, 3.05) is 11.1 Å². The van der Waals surface area contributed by atoms with Gasteiger partial charge in [-0.15, -0.1) is 11.3 Å². The van der Waals surface area contributed by atoms with E-state index in [0.29, 0.717) is 10.8 Å². The topological polar surface area (TPSA) is 76.9 Å². The van der Waals surface area contributed by atoms with Crippen LogP contribution in [-0.4, -0.2) is 26.2 Å². The molecule has 3 aromatic heterocycles. The lowest BCUT2D eigenvalue weighted by Crippen LogP contribution is -2.27. The first-order valence-electron chi connectivity index (χ1n) is 9.51. The highest BCUT2D eigenvalue weighted by Gasteiger charge is 2.25. The molecule has 6 nitrogen and oxygen atoms in total. The van der Waals surface area contributed by atoms with Crippen LogP contribution in [0, 0.1) is 13.8 Å². The summed E-state index contributed by atoms with van der Waals surface area (Å²) in [6.45, 7) is 3.99. The molecule has 1 aliphatic carbocycles. The number of aryl methyl sites for hydroxylation is 2. The molecule has 1 amide bonds. The van der Waals surface area contributed by atoms with E-state index in [1.54, 1.807) is 18.3 Å². The fraction of sp³-hybridized carbons (Fsp3) is 0.400. The first kappa shape index (κ1) is 20.4. The predicted octanol–water partition coefficient (Wildman–Crippen LogP) is 4.97. The molecule has 9 heteroatoms. The van der Waals surface area contributed by atoms with Crippen molar-refractivity contribution >= 4 is 56.5 Å². The molecule has 0 bridgehead atoms. The second-order valence-corrected chi connectivity index (χ2v) is 9.65. The number of pyridine rings is 1. The number of amides is 1. The molecule has 0 radical (unpaired) electrons. The van der Waals surface area contributed by atoms with Gasteiger partial charge in [0.25, 0.3) is 5.56 Å². The van der Waals surface area contributed by atoms with Gasteiger partial charge in [-0.25, -0.2) is 9.97 Å². The number of rotatable bonds is 5. The van der Waals surface area contributed by atoms with Crippen molar-refractivity contribution < 1.29 is 4.79 Å². The van der Waals surface area contributed by atoms with Crippen LogP contribution in [0.15, 0.2) is 28.3 Å². The van der Waals surface area contributed by atoms with E-state index in [1.165, 1.54) is 23.1 Å². The monoisotopic (exact) mass is 448 g/mol. The first-order valence-corrected chi connectivity index (χ1v) is 11.7. The summed E-state index contributed by atoms with van der Waals surface area (Å²) < 4.78 is 1.82. The highest BCUT2D eigenvalue weighted by atomic mass is 35.5. The van der Waals surface area contributed by atoms with Crippen LogP contribution in [-0.2, 0) is 4.79 Å². The average Bonchev–Trinajstić information content (AvgIpc) is 3.31. The zero-order valence-electron chi connectivity index (χ0n) is 16.2. The summed E-state index contributed by atoms with van der Waals surface area (Å²) >= 11 is 8.84. The third kappa shape index (κ3) is 4.06. The zero-order valence-corrected chi connectivity index (χ0v) is 18.6. The van der Waals surface area contributed by atoms with Crippen molar-refractivity contribution in [1.29, 1.82) is 0 Å². The molecule has 0 spiro atoms. The number of hydrogen-bond donors (Lipinski definition) is 1. The van der Waals surface area contributed by atoms with Gasteiger partial charge in [0.1, 0.15) is 4.83 Å². The smallest absolute Gasteiger partial charge is 0.263 e. The van der Waals surface area contributed by atoms with Crippen LogP contribution in [0.1, 0.15) is 42.2 Å². The maximum Gasteiger partial charge on any atom is 0.263 e. The van der Waals surface area contributed by atoms with Crippen LogP contribution in [0.5, 0.6) is 0 Å². The lowest BCUT2D eigenvalue weighted by molar-refractivity contribution is -0.113. The van der Waals surface area contributed by atoms with Crippen molar-refractivity contribution in [3.05, 3.63) is 44.3 Å². The van der Waals surface area contributed by atoms with Gasteiger partial charge in [-0.2, -0.15) is 0 Å². The summed E-state index contributed by atoms with van der Waals surface area (Å²) in [7, 11) is 0. The summed E-state index contributed by atoms with van der Waals surface area (Å²) in [4.78, 5) is 36.4. The van der Waals surface area contributed by atoms with Crippen LogP contribution in [0.25, 0.3) is 10.2 Å². The Morgan fingerprint density at radius 1 is 1.38 bits per heavy atom. The Hall–Kier alpha value is -1.90. The standard InChI is InChI=1S/C20H21ClN4O2S2/c1-11-12(2)29-18-16(11)19(27)25(13-6-3-4-7-13)20(24-18)28-10-15(26)23-14-8-5-9-22-17(14)21/h5,8-9,13H,3-4,6-7,10H2,1-2H3,(H,23,26). The predicted molar refractivity (Wildman–Crippen MR) is 119 cm³/mol. The minimum absolute atomic E-state index is 0.0157. The minimum atomic E-state index is -0.212. The van der Waals surface area contributed by atoms with Crippen LogP contribution in [0.3, 0.4) is 0 Å². The number of fused-ring (bicyclic) bond motifs is 1. The number of nitrogens with one attached hydrogen (secondary N) is 1. The number of thioether (sulfide) groups is 1. The second kappa shape index (κ2) is 8.45. The molecule has 0 aliphatic heterocycles. The fourth-order valence-electron chi connectivity index (χ4n) is 3.67. The third-order valence-electron chi connectivity index (χ3n) is 5.26. The molecule has 0 aromatic carbocycles. The van der Waals surface area contributed by atoms with E-state index >= 15 is 0 Å². The summed E-state index contributed by atoms with van der Waals surface area (Å²) in [6, 6.07) is 3.56. The molecule has 1 N–H and O–H groups in total. The van der Waals surface area contributed by atoms with Crippen LogP contribution in [0.4, 0.5) is 5.69 Å². The number of thiophene rings is 1. The number of hydrogen-bond acceptors (Lipinski definition) is 6. The van der Waals surface area contributed by atoms with Gasteiger partial charge in [0.15, 0.2) is 10.3 Å². The summed E-state index contributed by atoms with van der Waals surface area (Å²) in [5.74, 6) is -0.0741. The lowest BCUT2D eigenvalue weighted by atomic mass is 10.2. The van der Waals surface area contributed by atoms with E-state index in [1.807, 2.05) is 18.4 Å². The molecule has 0 saturated heterocycles. The molecule has 1 aliphatic rings. The Morgan fingerprint density at radius 2 is 2.14 bits per heavy atom. The van der Waals surface area contributed by atoms with Crippen molar-refractivity contribution in [3.63, 3.8) is 0 Å². The van der Waals surface area contributed by atoms with Gasteiger partial charge in [-0.3, -0.25) is 14.2 Å². The Morgan fingerprint density at radius 3 is 2.86 bits per heavy atom.